The normalized spacial score (nSPS) is 20.8. The molecule has 0 saturated heterocycles. The monoisotopic (exact) mass is 191 g/mol. The number of hydrogen-bond acceptors (Lipinski definition) is 3. The maximum absolute atomic E-state index is 11.4. The van der Waals surface area contributed by atoms with Gasteiger partial charge in [0.15, 0.2) is 9.84 Å². The van der Waals surface area contributed by atoms with E-state index in [-0.39, 0.29) is 5.41 Å². The Morgan fingerprint density at radius 2 is 2.00 bits per heavy atom. The van der Waals surface area contributed by atoms with E-state index in [0.717, 1.165) is 12.8 Å². The molecule has 4 heteroatoms. The van der Waals surface area contributed by atoms with E-state index in [0.29, 0.717) is 24.5 Å². The summed E-state index contributed by atoms with van der Waals surface area (Å²) in [5.41, 5.74) is 5.47. The van der Waals surface area contributed by atoms with Crippen LogP contribution in [-0.4, -0.2) is 26.5 Å². The molecule has 2 N–H and O–H groups in total. The van der Waals surface area contributed by atoms with E-state index in [9.17, 15) is 8.42 Å². The van der Waals surface area contributed by atoms with Crippen LogP contribution in [0.4, 0.5) is 0 Å². The molecule has 0 aromatic rings. The van der Waals surface area contributed by atoms with Crippen molar-refractivity contribution in [1.29, 1.82) is 0 Å². The van der Waals surface area contributed by atoms with Crippen molar-refractivity contribution in [3.63, 3.8) is 0 Å². The molecule has 1 saturated carbocycles. The van der Waals surface area contributed by atoms with Crippen molar-refractivity contribution in [2.45, 2.75) is 26.2 Å². The molecule has 0 radical (unpaired) electrons. The fraction of sp³-hybridized carbons (Fsp3) is 1.00. The van der Waals surface area contributed by atoms with Gasteiger partial charge in [-0.3, -0.25) is 0 Å². The first-order valence-corrected chi connectivity index (χ1v) is 6.26. The quantitative estimate of drug-likeness (QED) is 0.690. The maximum atomic E-state index is 11.4. The number of hydrogen-bond donors (Lipinski definition) is 1. The maximum Gasteiger partial charge on any atom is 0.150 e. The Kier molecular flexibility index (Phi) is 2.78. The Morgan fingerprint density at radius 1 is 1.42 bits per heavy atom. The highest BCUT2D eigenvalue weighted by Crippen LogP contribution is 2.45. The third-order valence-corrected chi connectivity index (χ3v) is 4.51. The van der Waals surface area contributed by atoms with Gasteiger partial charge in [0, 0.05) is 5.75 Å². The summed E-state index contributed by atoms with van der Waals surface area (Å²) >= 11 is 0. The van der Waals surface area contributed by atoms with Crippen molar-refractivity contribution in [3.8, 4) is 0 Å². The number of sulfone groups is 1. The second-order valence-electron chi connectivity index (χ2n) is 3.80. The first-order valence-electron chi connectivity index (χ1n) is 4.44. The van der Waals surface area contributed by atoms with Gasteiger partial charge in [-0.1, -0.05) is 6.92 Å². The molecule has 72 valence electrons. The number of nitrogens with two attached hydrogens (primary N) is 1. The summed E-state index contributed by atoms with van der Waals surface area (Å²) in [4.78, 5) is 0. The van der Waals surface area contributed by atoms with E-state index in [1.807, 2.05) is 6.92 Å². The minimum Gasteiger partial charge on any atom is -0.330 e. The Hall–Kier alpha value is -0.0900. The molecule has 0 aliphatic heterocycles. The van der Waals surface area contributed by atoms with Crippen LogP contribution in [0.3, 0.4) is 0 Å². The molecule has 1 fully saturated rings. The van der Waals surface area contributed by atoms with Crippen molar-refractivity contribution in [2.24, 2.45) is 11.1 Å². The largest absolute Gasteiger partial charge is 0.330 e. The zero-order valence-corrected chi connectivity index (χ0v) is 8.36. The standard InChI is InChI=1S/C8H17NO2S/c1-2-5-12(10,11)7-8(6-9)3-4-8/h2-7,9H2,1H3. The lowest BCUT2D eigenvalue weighted by Gasteiger charge is -2.11. The zero-order chi connectivity index (χ0) is 9.24. The van der Waals surface area contributed by atoms with Gasteiger partial charge in [-0.2, -0.15) is 0 Å². The molecule has 1 aliphatic carbocycles. The highest BCUT2D eigenvalue weighted by molar-refractivity contribution is 7.91. The average Bonchev–Trinajstić information content (AvgIpc) is 2.68. The van der Waals surface area contributed by atoms with Crippen LogP contribution in [0.5, 0.6) is 0 Å². The van der Waals surface area contributed by atoms with Crippen LogP contribution in [0.2, 0.25) is 0 Å². The molecule has 0 heterocycles. The SMILES string of the molecule is CCCS(=O)(=O)CC1(CN)CC1. The minimum atomic E-state index is -2.82. The molecule has 3 nitrogen and oxygen atoms in total. The summed E-state index contributed by atoms with van der Waals surface area (Å²) in [6.45, 7) is 2.41. The summed E-state index contributed by atoms with van der Waals surface area (Å²) in [6, 6.07) is 0. The van der Waals surface area contributed by atoms with Gasteiger partial charge < -0.3 is 5.73 Å². The summed E-state index contributed by atoms with van der Waals surface area (Å²) in [5.74, 6) is 0.624. The second-order valence-corrected chi connectivity index (χ2v) is 5.98. The Balaban J connectivity index is 2.50. The summed E-state index contributed by atoms with van der Waals surface area (Å²) in [7, 11) is -2.82. The third kappa shape index (κ3) is 2.45. The molecule has 1 aliphatic rings. The van der Waals surface area contributed by atoms with Gasteiger partial charge in [-0.15, -0.1) is 0 Å². The van der Waals surface area contributed by atoms with Crippen LogP contribution in [-0.2, 0) is 9.84 Å². The van der Waals surface area contributed by atoms with Crippen LogP contribution in [0.25, 0.3) is 0 Å². The summed E-state index contributed by atoms with van der Waals surface area (Å²) < 4.78 is 22.8. The van der Waals surface area contributed by atoms with E-state index < -0.39 is 9.84 Å². The Morgan fingerprint density at radius 3 is 2.33 bits per heavy atom. The fourth-order valence-corrected chi connectivity index (χ4v) is 3.54. The van der Waals surface area contributed by atoms with Gasteiger partial charge in [-0.05, 0) is 31.2 Å². The molecular formula is C8H17NO2S. The van der Waals surface area contributed by atoms with Gasteiger partial charge >= 0.3 is 0 Å². The van der Waals surface area contributed by atoms with Crippen molar-refractivity contribution in [2.75, 3.05) is 18.1 Å². The van der Waals surface area contributed by atoms with Gasteiger partial charge in [0.25, 0.3) is 0 Å². The van der Waals surface area contributed by atoms with Gasteiger partial charge in [0.2, 0.25) is 0 Å². The molecule has 1 rings (SSSR count). The Bertz CT molecular complexity index is 242. The summed E-state index contributed by atoms with van der Waals surface area (Å²) in [5, 5.41) is 0. The van der Waals surface area contributed by atoms with Crippen LogP contribution in [0.15, 0.2) is 0 Å². The first kappa shape index (κ1) is 9.99. The van der Waals surface area contributed by atoms with Crippen molar-refractivity contribution in [1.82, 2.24) is 0 Å². The second kappa shape index (κ2) is 3.34. The van der Waals surface area contributed by atoms with Crippen LogP contribution in [0.1, 0.15) is 26.2 Å². The van der Waals surface area contributed by atoms with Gasteiger partial charge in [-0.25, -0.2) is 8.42 Å². The predicted molar refractivity (Wildman–Crippen MR) is 49.7 cm³/mol. The van der Waals surface area contributed by atoms with Gasteiger partial charge in [0.1, 0.15) is 0 Å². The number of rotatable bonds is 5. The molecule has 0 bridgehead atoms. The molecule has 0 unspecified atom stereocenters. The van der Waals surface area contributed by atoms with E-state index in [1.165, 1.54) is 0 Å². The molecule has 0 aromatic carbocycles. The lowest BCUT2D eigenvalue weighted by Crippen LogP contribution is -2.26. The lowest BCUT2D eigenvalue weighted by atomic mass is 10.1. The lowest BCUT2D eigenvalue weighted by molar-refractivity contribution is 0.546. The molecular weight excluding hydrogens is 174 g/mol. The van der Waals surface area contributed by atoms with Crippen molar-refractivity contribution in [3.05, 3.63) is 0 Å². The van der Waals surface area contributed by atoms with Crippen molar-refractivity contribution < 1.29 is 8.42 Å². The van der Waals surface area contributed by atoms with E-state index in [2.05, 4.69) is 0 Å². The minimum absolute atomic E-state index is 0.0337. The third-order valence-electron chi connectivity index (χ3n) is 2.43. The molecule has 0 amide bonds. The molecule has 0 aromatic heterocycles. The smallest absolute Gasteiger partial charge is 0.150 e. The topological polar surface area (TPSA) is 60.2 Å². The molecule has 0 spiro atoms. The average molecular weight is 191 g/mol. The highest BCUT2D eigenvalue weighted by Gasteiger charge is 2.44. The zero-order valence-electron chi connectivity index (χ0n) is 7.54. The van der Waals surface area contributed by atoms with E-state index >= 15 is 0 Å². The van der Waals surface area contributed by atoms with E-state index in [4.69, 9.17) is 5.73 Å². The van der Waals surface area contributed by atoms with Gasteiger partial charge in [0.05, 0.1) is 5.75 Å². The van der Waals surface area contributed by atoms with E-state index in [1.54, 1.807) is 0 Å². The Labute approximate surface area is 74.3 Å². The van der Waals surface area contributed by atoms with Crippen LogP contribution in [0, 0.1) is 5.41 Å². The highest BCUT2D eigenvalue weighted by atomic mass is 32.2. The summed E-state index contributed by atoms with van der Waals surface area (Å²) in [6.07, 6.45) is 2.70. The van der Waals surface area contributed by atoms with Crippen molar-refractivity contribution >= 4 is 9.84 Å². The van der Waals surface area contributed by atoms with Crippen LogP contribution >= 0.6 is 0 Å². The molecule has 12 heavy (non-hydrogen) atoms. The fourth-order valence-electron chi connectivity index (χ4n) is 1.43. The molecule has 0 atom stereocenters. The van der Waals surface area contributed by atoms with Crippen LogP contribution < -0.4 is 5.73 Å². The predicted octanol–water partition coefficient (Wildman–Crippen LogP) is 0.550. The first-order chi connectivity index (χ1) is 5.54.